The Bertz CT molecular complexity index is 638. The maximum Gasteiger partial charge on any atom is 0.141 e. The van der Waals surface area contributed by atoms with Gasteiger partial charge in [-0.1, -0.05) is 18.2 Å². The van der Waals surface area contributed by atoms with E-state index in [1.807, 2.05) is 0 Å². The average Bonchev–Trinajstić information content (AvgIpc) is 2.37. The molecule has 0 aromatic heterocycles. The van der Waals surface area contributed by atoms with Gasteiger partial charge < -0.3 is 5.32 Å². The van der Waals surface area contributed by atoms with Crippen molar-refractivity contribution in [2.24, 2.45) is 0 Å². The number of anilines is 1. The van der Waals surface area contributed by atoms with Gasteiger partial charge in [0.25, 0.3) is 0 Å². The van der Waals surface area contributed by atoms with Crippen molar-refractivity contribution in [2.45, 2.75) is 6.92 Å². The first-order chi connectivity index (χ1) is 8.97. The van der Waals surface area contributed by atoms with Gasteiger partial charge in [0.2, 0.25) is 0 Å². The van der Waals surface area contributed by atoms with Gasteiger partial charge in [-0.15, -0.1) is 0 Å². The Morgan fingerprint density at radius 1 is 1.11 bits per heavy atom. The van der Waals surface area contributed by atoms with Crippen LogP contribution < -0.4 is 5.32 Å². The van der Waals surface area contributed by atoms with Crippen LogP contribution in [-0.4, -0.2) is 0 Å². The molecule has 98 valence electrons. The predicted molar refractivity (Wildman–Crippen MR) is 75.2 cm³/mol. The fourth-order valence-electron chi connectivity index (χ4n) is 1.65. The fraction of sp³-hybridized carbons (Fsp3) is 0.0667. The molecule has 0 amide bonds. The molecule has 0 atom stereocenters. The van der Waals surface area contributed by atoms with Crippen molar-refractivity contribution in [1.29, 1.82) is 0 Å². The molecule has 0 aliphatic heterocycles. The number of hydrogen-bond acceptors (Lipinski definition) is 1. The van der Waals surface area contributed by atoms with Crippen molar-refractivity contribution >= 4 is 23.0 Å². The second-order valence-corrected chi connectivity index (χ2v) is 4.60. The van der Waals surface area contributed by atoms with Crippen LogP contribution in [-0.2, 0) is 0 Å². The summed E-state index contributed by atoms with van der Waals surface area (Å²) in [7, 11) is 0. The van der Waals surface area contributed by atoms with Crippen LogP contribution in [0, 0.1) is 18.6 Å². The van der Waals surface area contributed by atoms with Gasteiger partial charge in [0, 0.05) is 11.4 Å². The van der Waals surface area contributed by atoms with Crippen LogP contribution in [0.1, 0.15) is 11.1 Å². The van der Waals surface area contributed by atoms with Crippen molar-refractivity contribution in [3.63, 3.8) is 0 Å². The van der Waals surface area contributed by atoms with Gasteiger partial charge in [0.05, 0.1) is 5.02 Å². The Labute approximate surface area is 115 Å². The van der Waals surface area contributed by atoms with Crippen LogP contribution in [0.15, 0.2) is 43.0 Å². The zero-order valence-corrected chi connectivity index (χ0v) is 11.1. The molecule has 0 unspecified atom stereocenters. The van der Waals surface area contributed by atoms with E-state index in [4.69, 9.17) is 11.6 Å². The number of nitrogens with one attached hydrogen (secondary N) is 1. The molecule has 2 aromatic rings. The van der Waals surface area contributed by atoms with E-state index >= 15 is 0 Å². The molecule has 0 aliphatic carbocycles. The van der Waals surface area contributed by atoms with Gasteiger partial charge in [0.15, 0.2) is 0 Å². The van der Waals surface area contributed by atoms with Gasteiger partial charge in [-0.2, -0.15) is 0 Å². The van der Waals surface area contributed by atoms with Crippen LogP contribution >= 0.6 is 11.6 Å². The predicted octanol–water partition coefficient (Wildman–Crippen LogP) is 5.01. The van der Waals surface area contributed by atoms with E-state index in [2.05, 4.69) is 11.9 Å². The minimum absolute atomic E-state index is 0.0353. The molecule has 0 saturated carbocycles. The molecule has 0 fully saturated rings. The Morgan fingerprint density at radius 3 is 2.42 bits per heavy atom. The first-order valence-corrected chi connectivity index (χ1v) is 6.02. The Morgan fingerprint density at radius 2 is 1.79 bits per heavy atom. The fourth-order valence-corrected chi connectivity index (χ4v) is 1.83. The van der Waals surface area contributed by atoms with Gasteiger partial charge >= 0.3 is 0 Å². The molecule has 0 aliphatic rings. The number of benzene rings is 2. The number of rotatable bonds is 3. The molecule has 1 nitrogen and oxygen atoms in total. The second kappa shape index (κ2) is 5.41. The van der Waals surface area contributed by atoms with Gasteiger partial charge in [-0.3, -0.25) is 0 Å². The summed E-state index contributed by atoms with van der Waals surface area (Å²) in [6.45, 7) is 5.55. The summed E-state index contributed by atoms with van der Waals surface area (Å²) in [6.07, 6.45) is 0. The summed E-state index contributed by atoms with van der Waals surface area (Å²) in [4.78, 5) is 0. The maximum atomic E-state index is 13.2. The van der Waals surface area contributed by atoms with Crippen LogP contribution in [0.4, 0.5) is 14.5 Å². The topological polar surface area (TPSA) is 12.0 Å². The average molecular weight is 280 g/mol. The highest BCUT2D eigenvalue weighted by atomic mass is 35.5. The quantitative estimate of drug-likeness (QED) is 0.833. The van der Waals surface area contributed by atoms with Crippen LogP contribution in [0.5, 0.6) is 0 Å². The van der Waals surface area contributed by atoms with Gasteiger partial charge in [-0.05, 0) is 54.4 Å². The number of hydrogen-bond donors (Lipinski definition) is 1. The Kier molecular flexibility index (Phi) is 3.86. The first-order valence-electron chi connectivity index (χ1n) is 5.65. The van der Waals surface area contributed by atoms with E-state index < -0.39 is 5.82 Å². The lowest BCUT2D eigenvalue weighted by Crippen LogP contribution is -1.98. The lowest BCUT2D eigenvalue weighted by molar-refractivity contribution is 0.618. The molecule has 0 bridgehead atoms. The SMILES string of the molecule is C=C(Nc1ccc(F)c(Cl)c1)c1ccc(F)c(C)c1. The molecule has 1 N–H and O–H groups in total. The molecule has 0 heterocycles. The van der Waals surface area contributed by atoms with Crippen molar-refractivity contribution in [2.75, 3.05) is 5.32 Å². The van der Waals surface area contributed by atoms with E-state index in [9.17, 15) is 8.78 Å². The van der Waals surface area contributed by atoms with Crippen molar-refractivity contribution in [3.05, 3.63) is 70.8 Å². The van der Waals surface area contributed by atoms with E-state index in [0.29, 0.717) is 16.9 Å². The van der Waals surface area contributed by atoms with Crippen LogP contribution in [0.2, 0.25) is 5.02 Å². The molecule has 19 heavy (non-hydrogen) atoms. The third kappa shape index (κ3) is 3.12. The molecule has 0 saturated heterocycles. The largest absolute Gasteiger partial charge is 0.355 e. The van der Waals surface area contributed by atoms with Crippen molar-refractivity contribution < 1.29 is 8.78 Å². The number of halogens is 3. The highest BCUT2D eigenvalue weighted by molar-refractivity contribution is 6.31. The lowest BCUT2D eigenvalue weighted by Gasteiger charge is -2.11. The summed E-state index contributed by atoms with van der Waals surface area (Å²) in [5.74, 6) is -0.739. The third-order valence-electron chi connectivity index (χ3n) is 2.72. The summed E-state index contributed by atoms with van der Waals surface area (Å²) in [6, 6.07) is 9.00. The second-order valence-electron chi connectivity index (χ2n) is 4.20. The van der Waals surface area contributed by atoms with E-state index in [1.54, 1.807) is 25.1 Å². The maximum absolute atomic E-state index is 13.2. The monoisotopic (exact) mass is 279 g/mol. The first kappa shape index (κ1) is 13.6. The molecule has 2 aromatic carbocycles. The van der Waals surface area contributed by atoms with Crippen molar-refractivity contribution in [1.82, 2.24) is 0 Å². The highest BCUT2D eigenvalue weighted by Crippen LogP contribution is 2.23. The van der Waals surface area contributed by atoms with E-state index in [-0.39, 0.29) is 10.8 Å². The Hall–Kier alpha value is -1.87. The minimum atomic E-state index is -0.476. The smallest absolute Gasteiger partial charge is 0.141 e. The van der Waals surface area contributed by atoms with Crippen molar-refractivity contribution in [3.8, 4) is 0 Å². The van der Waals surface area contributed by atoms with Gasteiger partial charge in [0.1, 0.15) is 11.6 Å². The molecule has 2 rings (SSSR count). The molecule has 4 heteroatoms. The standard InChI is InChI=1S/C15H12ClF2N/c1-9-7-11(3-5-14(9)17)10(2)19-12-4-6-15(18)13(16)8-12/h3-8,19H,2H2,1H3. The zero-order valence-electron chi connectivity index (χ0n) is 10.3. The van der Waals surface area contributed by atoms with Gasteiger partial charge in [-0.25, -0.2) is 8.78 Å². The third-order valence-corrected chi connectivity index (χ3v) is 3.01. The van der Waals surface area contributed by atoms with E-state index in [1.165, 1.54) is 18.2 Å². The summed E-state index contributed by atoms with van der Waals surface area (Å²) in [5, 5.41) is 3.04. The minimum Gasteiger partial charge on any atom is -0.355 e. The summed E-state index contributed by atoms with van der Waals surface area (Å²) >= 11 is 5.70. The summed E-state index contributed by atoms with van der Waals surface area (Å²) < 4.78 is 26.2. The lowest BCUT2D eigenvalue weighted by atomic mass is 10.1. The molecular weight excluding hydrogens is 268 g/mol. The van der Waals surface area contributed by atoms with E-state index in [0.717, 1.165) is 5.56 Å². The highest BCUT2D eigenvalue weighted by Gasteiger charge is 2.05. The van der Waals surface area contributed by atoms with Crippen LogP contribution in [0.3, 0.4) is 0 Å². The zero-order chi connectivity index (χ0) is 14.0. The molecule has 0 spiro atoms. The number of aryl methyl sites for hydroxylation is 1. The molecule has 0 radical (unpaired) electrons. The van der Waals surface area contributed by atoms with Crippen LogP contribution in [0.25, 0.3) is 5.70 Å². The molecular formula is C15H12ClF2N. The summed E-state index contributed by atoms with van der Waals surface area (Å²) in [5.41, 5.74) is 2.51. The normalized spacial score (nSPS) is 10.3. The Balaban J connectivity index is 2.20.